The third-order valence-corrected chi connectivity index (χ3v) is 7.89. The number of hydrogen-bond acceptors (Lipinski definition) is 11. The molecule has 0 bridgehead atoms. The molecule has 11 nitrogen and oxygen atoms in total. The second-order valence-electron chi connectivity index (χ2n) is 10.6. The molecule has 240 valence electrons. The molecule has 3 aromatic rings. The predicted molar refractivity (Wildman–Crippen MR) is 171 cm³/mol. The van der Waals surface area contributed by atoms with Gasteiger partial charge in [-0.15, -0.1) is 11.3 Å². The minimum atomic E-state index is -1.04. The van der Waals surface area contributed by atoms with E-state index in [1.807, 2.05) is 27.7 Å². The third-order valence-electron chi connectivity index (χ3n) is 6.78. The van der Waals surface area contributed by atoms with Gasteiger partial charge in [0, 0.05) is 0 Å². The Morgan fingerprint density at radius 1 is 0.889 bits per heavy atom. The number of carbonyl (C=O) groups is 2. The maximum absolute atomic E-state index is 13.9. The van der Waals surface area contributed by atoms with Crippen LogP contribution in [0, 0.1) is 0 Å². The first kappa shape index (κ1) is 33.2. The Morgan fingerprint density at radius 3 is 2.04 bits per heavy atom. The molecule has 1 aliphatic heterocycles. The summed E-state index contributed by atoms with van der Waals surface area (Å²) in [7, 11) is 4.22. The molecule has 0 saturated carbocycles. The van der Waals surface area contributed by atoms with Crippen LogP contribution in [-0.4, -0.2) is 56.6 Å². The summed E-state index contributed by atoms with van der Waals surface area (Å²) in [6.45, 7) is 9.32. The molecular weight excluding hydrogens is 600 g/mol. The van der Waals surface area contributed by atoms with Gasteiger partial charge < -0.3 is 34.2 Å². The molecule has 1 aliphatic rings. The van der Waals surface area contributed by atoms with Crippen LogP contribution in [0.5, 0.6) is 23.0 Å². The van der Waals surface area contributed by atoms with Crippen LogP contribution < -0.4 is 39.4 Å². The van der Waals surface area contributed by atoms with E-state index < -0.39 is 23.4 Å². The van der Waals surface area contributed by atoms with E-state index in [0.29, 0.717) is 34.1 Å². The Morgan fingerprint density at radius 2 is 1.49 bits per heavy atom. The topological polar surface area (TPSA) is 138 Å². The van der Waals surface area contributed by atoms with Crippen LogP contribution in [0.15, 0.2) is 46.8 Å². The number of carbonyl (C=O) groups excluding carboxylic acids is 2. The number of ether oxygens (including phenoxy) is 6. The van der Waals surface area contributed by atoms with Crippen LogP contribution in [0.25, 0.3) is 17.5 Å². The monoisotopic (exact) mass is 638 g/mol. The zero-order valence-corrected chi connectivity index (χ0v) is 27.4. The number of fused-ring (bicyclic) bond motifs is 1. The fourth-order valence-electron chi connectivity index (χ4n) is 4.99. The highest BCUT2D eigenvalue weighted by atomic mass is 32.1. The Balaban J connectivity index is 2.04. The van der Waals surface area contributed by atoms with Crippen LogP contribution in [0.4, 0.5) is 0 Å². The molecule has 0 amide bonds. The molecule has 0 radical (unpaired) electrons. The number of nitrogens with two attached hydrogens (primary N) is 1. The predicted octanol–water partition coefficient (Wildman–Crippen LogP) is 3.14. The van der Waals surface area contributed by atoms with Gasteiger partial charge in [-0.1, -0.05) is 12.1 Å². The van der Waals surface area contributed by atoms with Gasteiger partial charge in [0.15, 0.2) is 23.0 Å². The summed E-state index contributed by atoms with van der Waals surface area (Å²) >= 11 is 1.06. The lowest BCUT2D eigenvalue weighted by atomic mass is 9.83. The number of thiazole rings is 1. The quantitative estimate of drug-likeness (QED) is 0.312. The highest BCUT2D eigenvalue weighted by molar-refractivity contribution is 7.07. The molecule has 45 heavy (non-hydrogen) atoms. The van der Waals surface area contributed by atoms with Gasteiger partial charge in [0.25, 0.3) is 5.56 Å². The highest BCUT2D eigenvalue weighted by Crippen LogP contribution is 2.41. The molecule has 12 heteroatoms. The first-order chi connectivity index (χ1) is 21.4. The van der Waals surface area contributed by atoms with E-state index in [1.54, 1.807) is 49.4 Å². The van der Waals surface area contributed by atoms with E-state index >= 15 is 0 Å². The second kappa shape index (κ2) is 13.9. The average molecular weight is 639 g/mol. The fraction of sp³-hybridized carbons (Fsp3) is 0.364. The molecule has 0 unspecified atom stereocenters. The Hall–Kier alpha value is -4.71. The van der Waals surface area contributed by atoms with Crippen LogP contribution in [-0.2, 0) is 19.1 Å². The summed E-state index contributed by atoms with van der Waals surface area (Å²) in [6.07, 6.45) is 1.46. The maximum Gasteiger partial charge on any atom is 0.338 e. The van der Waals surface area contributed by atoms with Gasteiger partial charge in [-0.2, -0.15) is 0 Å². The van der Waals surface area contributed by atoms with Crippen molar-refractivity contribution >= 4 is 40.7 Å². The first-order valence-corrected chi connectivity index (χ1v) is 15.2. The van der Waals surface area contributed by atoms with Crippen molar-refractivity contribution in [2.45, 2.75) is 52.7 Å². The first-order valence-electron chi connectivity index (χ1n) is 14.4. The second-order valence-corrected chi connectivity index (χ2v) is 11.6. The molecule has 0 fully saturated rings. The third kappa shape index (κ3) is 6.70. The van der Waals surface area contributed by atoms with E-state index in [0.717, 1.165) is 15.9 Å². The van der Waals surface area contributed by atoms with Gasteiger partial charge in [0.05, 0.1) is 61.7 Å². The summed E-state index contributed by atoms with van der Waals surface area (Å²) in [6, 6.07) is 10.4. The molecule has 0 spiro atoms. The minimum Gasteiger partial charge on any atom is -0.493 e. The van der Waals surface area contributed by atoms with Crippen LogP contribution in [0.1, 0.15) is 51.7 Å². The lowest BCUT2D eigenvalue weighted by molar-refractivity contribution is -0.136. The van der Waals surface area contributed by atoms with Crippen molar-refractivity contribution in [3.8, 4) is 23.0 Å². The van der Waals surface area contributed by atoms with E-state index in [-0.39, 0.29) is 45.0 Å². The molecule has 2 N–H and O–H groups in total. The Bertz CT molecular complexity index is 1820. The van der Waals surface area contributed by atoms with Gasteiger partial charge in [0.2, 0.25) is 0 Å². The minimum absolute atomic E-state index is 0.0610. The van der Waals surface area contributed by atoms with Gasteiger partial charge >= 0.3 is 11.9 Å². The van der Waals surface area contributed by atoms with E-state index in [1.165, 1.54) is 21.3 Å². The van der Waals surface area contributed by atoms with Crippen molar-refractivity contribution in [3.63, 3.8) is 0 Å². The zero-order valence-electron chi connectivity index (χ0n) is 26.6. The average Bonchev–Trinajstić information content (AvgIpc) is 3.32. The van der Waals surface area contributed by atoms with Crippen molar-refractivity contribution < 1.29 is 38.0 Å². The molecule has 0 aliphatic carbocycles. The van der Waals surface area contributed by atoms with Gasteiger partial charge in [-0.05, 0) is 76.1 Å². The van der Waals surface area contributed by atoms with Gasteiger partial charge in [-0.3, -0.25) is 9.36 Å². The number of benzene rings is 2. The van der Waals surface area contributed by atoms with Gasteiger partial charge in [0.1, 0.15) is 10.5 Å². The molecule has 4 rings (SSSR count). The molecular formula is C33H38N2O9S. The van der Waals surface area contributed by atoms with E-state index in [4.69, 9.17) is 34.2 Å². The van der Waals surface area contributed by atoms with Crippen molar-refractivity contribution in [1.29, 1.82) is 0 Å². The van der Waals surface area contributed by atoms with Gasteiger partial charge in [-0.25, -0.2) is 9.59 Å². The maximum atomic E-state index is 13.9. The number of hydrogen-bond donors (Lipinski definition) is 1. The number of nitrogens with zero attached hydrogens (tertiary/aromatic N) is 1. The SMILES string of the molecule is CCOC(=O)C1=c2s/c(=C/c3ccc(OC(C)C)c(OC)c3)c(=O)n2C(N)=C(C(=O)OC)[C@@H]1c1ccc(OC(C)C)c(OC)c1. The summed E-state index contributed by atoms with van der Waals surface area (Å²) in [4.78, 5) is 40.9. The molecule has 1 atom stereocenters. The summed E-state index contributed by atoms with van der Waals surface area (Å²) in [5.74, 6) is -0.809. The normalized spacial score (nSPS) is 14.8. The highest BCUT2D eigenvalue weighted by Gasteiger charge is 2.40. The largest absolute Gasteiger partial charge is 0.493 e. The molecule has 1 aromatic heterocycles. The van der Waals surface area contributed by atoms with Crippen molar-refractivity contribution in [2.75, 3.05) is 27.9 Å². The van der Waals surface area contributed by atoms with E-state index in [9.17, 15) is 14.4 Å². The standard InChI is InChI=1S/C33H38N2O9S/c1-9-42-33(38)28-26(20-11-13-22(44-18(4)5)24(16-20)40-7)27(32(37)41-8)29(34)35-30(36)25(45-31(28)35)15-19-10-12-21(43-17(2)3)23(14-19)39-6/h10-18,26H,9,34H2,1-8H3/b25-15+/t26-/m0/s1. The smallest absolute Gasteiger partial charge is 0.338 e. The number of methoxy groups -OCH3 is 3. The molecule has 0 saturated heterocycles. The fourth-order valence-corrected chi connectivity index (χ4v) is 6.15. The van der Waals surface area contributed by atoms with E-state index in [2.05, 4.69) is 0 Å². The number of aromatic nitrogens is 1. The number of rotatable bonds is 11. The summed E-state index contributed by atoms with van der Waals surface area (Å²) < 4.78 is 35.0. The number of esters is 2. The van der Waals surface area contributed by atoms with Crippen LogP contribution in [0.3, 0.4) is 0 Å². The van der Waals surface area contributed by atoms with Crippen molar-refractivity contribution in [2.24, 2.45) is 5.73 Å². The lowest BCUT2D eigenvalue weighted by Gasteiger charge is -2.27. The zero-order chi connectivity index (χ0) is 33.0. The molecule has 2 aromatic carbocycles. The van der Waals surface area contributed by atoms with Crippen LogP contribution in [0.2, 0.25) is 0 Å². The lowest BCUT2D eigenvalue weighted by Crippen LogP contribution is -2.41. The molecule has 2 heterocycles. The van der Waals surface area contributed by atoms with Crippen LogP contribution >= 0.6 is 11.3 Å². The Kier molecular flexibility index (Phi) is 10.3. The summed E-state index contributed by atoms with van der Waals surface area (Å²) in [5.41, 5.74) is 7.18. The van der Waals surface area contributed by atoms with Crippen molar-refractivity contribution in [3.05, 3.63) is 72.6 Å². The Labute approximate surface area is 265 Å². The van der Waals surface area contributed by atoms with Crippen molar-refractivity contribution in [1.82, 2.24) is 4.57 Å². The summed E-state index contributed by atoms with van der Waals surface area (Å²) in [5, 5.41) is 0.